The van der Waals surface area contributed by atoms with Crippen LogP contribution in [0.15, 0.2) is 18.3 Å². The maximum Gasteiger partial charge on any atom is 0.214 e. The summed E-state index contributed by atoms with van der Waals surface area (Å²) < 4.78 is 12.8. The van der Waals surface area contributed by atoms with Crippen molar-refractivity contribution in [1.82, 2.24) is 4.98 Å². The van der Waals surface area contributed by atoms with Gasteiger partial charge in [-0.05, 0) is 12.5 Å². The van der Waals surface area contributed by atoms with Gasteiger partial charge in [0.05, 0.1) is 0 Å². The van der Waals surface area contributed by atoms with E-state index in [1.807, 2.05) is 11.8 Å². The molecule has 0 aromatic carbocycles. The lowest BCUT2D eigenvalue weighted by molar-refractivity contribution is 0.584. The van der Waals surface area contributed by atoms with Crippen LogP contribution in [0, 0.1) is 5.95 Å². The van der Waals surface area contributed by atoms with Crippen LogP contribution in [0.1, 0.15) is 13.3 Å². The van der Waals surface area contributed by atoms with Gasteiger partial charge in [-0.3, -0.25) is 0 Å². The molecule has 2 unspecified atom stereocenters. The molecule has 2 atom stereocenters. The normalized spacial score (nSPS) is 26.4. The van der Waals surface area contributed by atoms with E-state index >= 15 is 0 Å². The van der Waals surface area contributed by atoms with Crippen LogP contribution in [-0.2, 0) is 0 Å². The number of anilines is 1. The van der Waals surface area contributed by atoms with Crippen LogP contribution in [-0.4, -0.2) is 22.0 Å². The minimum atomic E-state index is -0.423. The summed E-state index contributed by atoms with van der Waals surface area (Å²) in [6.07, 6.45) is 2.64. The van der Waals surface area contributed by atoms with Gasteiger partial charge in [-0.25, -0.2) is 4.98 Å². The third-order valence-electron chi connectivity index (χ3n) is 2.30. The molecule has 0 radical (unpaired) electrons. The number of rotatable bonds is 2. The second-order valence-electron chi connectivity index (χ2n) is 3.59. The molecule has 76 valence electrons. The lowest BCUT2D eigenvalue weighted by Gasteiger charge is -2.12. The minimum Gasteiger partial charge on any atom is -0.381 e. The molecule has 1 aliphatic rings. The fraction of sp³-hybridized carbons (Fsp3) is 0.500. The van der Waals surface area contributed by atoms with E-state index < -0.39 is 5.95 Å². The van der Waals surface area contributed by atoms with E-state index in [1.54, 1.807) is 6.07 Å². The fourth-order valence-corrected chi connectivity index (χ4v) is 2.79. The Hall–Kier alpha value is -0.770. The van der Waals surface area contributed by atoms with Crippen LogP contribution in [0.25, 0.3) is 0 Å². The lowest BCUT2D eigenvalue weighted by Crippen LogP contribution is -2.18. The maximum absolute atomic E-state index is 12.8. The number of pyridine rings is 1. The van der Waals surface area contributed by atoms with E-state index in [2.05, 4.69) is 17.2 Å². The smallest absolute Gasteiger partial charge is 0.214 e. The standard InChI is InChI=1S/C10H13FN2S/c1-7-4-9(6-14-7)13-8-2-3-12-10(11)5-8/h2-3,5,7,9H,4,6H2,1H3,(H,12,13). The van der Waals surface area contributed by atoms with Gasteiger partial charge in [0.1, 0.15) is 0 Å². The Bertz CT molecular complexity index is 319. The van der Waals surface area contributed by atoms with Gasteiger partial charge in [-0.2, -0.15) is 16.2 Å². The van der Waals surface area contributed by atoms with E-state index in [1.165, 1.54) is 12.3 Å². The van der Waals surface area contributed by atoms with Crippen molar-refractivity contribution in [2.75, 3.05) is 11.1 Å². The van der Waals surface area contributed by atoms with Crippen LogP contribution in [0.4, 0.5) is 10.1 Å². The Morgan fingerprint density at radius 3 is 3.14 bits per heavy atom. The topological polar surface area (TPSA) is 24.9 Å². The van der Waals surface area contributed by atoms with Crippen molar-refractivity contribution >= 4 is 17.4 Å². The molecule has 0 spiro atoms. The Labute approximate surface area is 87.3 Å². The Balaban J connectivity index is 1.97. The zero-order valence-electron chi connectivity index (χ0n) is 8.03. The summed E-state index contributed by atoms with van der Waals surface area (Å²) in [5, 5.41) is 4.02. The highest BCUT2D eigenvalue weighted by Crippen LogP contribution is 2.28. The predicted molar refractivity (Wildman–Crippen MR) is 58.1 cm³/mol. The second-order valence-corrected chi connectivity index (χ2v) is 5.06. The predicted octanol–water partition coefficient (Wildman–Crippen LogP) is 2.53. The van der Waals surface area contributed by atoms with Gasteiger partial charge in [0, 0.05) is 35.0 Å². The highest BCUT2D eigenvalue weighted by molar-refractivity contribution is 8.00. The molecule has 1 aromatic rings. The number of halogens is 1. The van der Waals surface area contributed by atoms with Crippen molar-refractivity contribution in [3.8, 4) is 0 Å². The van der Waals surface area contributed by atoms with Gasteiger partial charge in [0.2, 0.25) is 5.95 Å². The van der Waals surface area contributed by atoms with Crippen molar-refractivity contribution in [2.45, 2.75) is 24.6 Å². The summed E-state index contributed by atoms with van der Waals surface area (Å²) in [7, 11) is 0. The zero-order valence-corrected chi connectivity index (χ0v) is 8.85. The first-order valence-electron chi connectivity index (χ1n) is 4.74. The molecule has 2 rings (SSSR count). The molecule has 0 aliphatic carbocycles. The number of nitrogens with zero attached hydrogens (tertiary/aromatic N) is 1. The highest BCUT2D eigenvalue weighted by Gasteiger charge is 2.21. The Morgan fingerprint density at radius 1 is 1.64 bits per heavy atom. The number of nitrogens with one attached hydrogen (secondary N) is 1. The molecule has 1 aromatic heterocycles. The maximum atomic E-state index is 12.8. The summed E-state index contributed by atoms with van der Waals surface area (Å²) in [4.78, 5) is 3.52. The molecule has 1 aliphatic heterocycles. The van der Waals surface area contributed by atoms with Crippen LogP contribution in [0.5, 0.6) is 0 Å². The molecule has 14 heavy (non-hydrogen) atoms. The summed E-state index contributed by atoms with van der Waals surface area (Å²) >= 11 is 1.96. The summed E-state index contributed by atoms with van der Waals surface area (Å²) in [6.45, 7) is 2.22. The van der Waals surface area contributed by atoms with Gasteiger partial charge >= 0.3 is 0 Å². The minimum absolute atomic E-state index is 0.423. The largest absolute Gasteiger partial charge is 0.381 e. The zero-order chi connectivity index (χ0) is 9.97. The van der Waals surface area contributed by atoms with Crippen LogP contribution >= 0.6 is 11.8 Å². The van der Waals surface area contributed by atoms with Gasteiger partial charge in [0.15, 0.2) is 0 Å². The molecule has 2 heterocycles. The number of aromatic nitrogens is 1. The van der Waals surface area contributed by atoms with Crippen molar-refractivity contribution in [2.24, 2.45) is 0 Å². The van der Waals surface area contributed by atoms with Gasteiger partial charge < -0.3 is 5.32 Å². The third-order valence-corrected chi connectivity index (χ3v) is 3.65. The van der Waals surface area contributed by atoms with Gasteiger partial charge in [-0.1, -0.05) is 6.92 Å². The van der Waals surface area contributed by atoms with Crippen LogP contribution < -0.4 is 5.32 Å². The average molecular weight is 212 g/mol. The van der Waals surface area contributed by atoms with E-state index in [4.69, 9.17) is 0 Å². The van der Waals surface area contributed by atoms with Gasteiger partial charge in [-0.15, -0.1) is 0 Å². The van der Waals surface area contributed by atoms with Crippen molar-refractivity contribution in [3.05, 3.63) is 24.3 Å². The number of hydrogen-bond donors (Lipinski definition) is 1. The van der Waals surface area contributed by atoms with E-state index in [0.717, 1.165) is 17.9 Å². The monoisotopic (exact) mass is 212 g/mol. The molecule has 1 N–H and O–H groups in total. The molecule has 0 saturated carbocycles. The molecular formula is C10H13FN2S. The molecule has 4 heteroatoms. The second kappa shape index (κ2) is 4.17. The Morgan fingerprint density at radius 2 is 2.50 bits per heavy atom. The first-order valence-corrected chi connectivity index (χ1v) is 5.78. The molecule has 1 saturated heterocycles. The van der Waals surface area contributed by atoms with E-state index in [-0.39, 0.29) is 0 Å². The van der Waals surface area contributed by atoms with E-state index in [9.17, 15) is 4.39 Å². The third kappa shape index (κ3) is 2.38. The van der Waals surface area contributed by atoms with Crippen LogP contribution in [0.3, 0.4) is 0 Å². The Kier molecular flexibility index (Phi) is 2.91. The molecular weight excluding hydrogens is 199 g/mol. The number of hydrogen-bond acceptors (Lipinski definition) is 3. The van der Waals surface area contributed by atoms with Gasteiger partial charge in [0.25, 0.3) is 0 Å². The van der Waals surface area contributed by atoms with E-state index in [0.29, 0.717) is 11.3 Å². The molecule has 0 amide bonds. The van der Waals surface area contributed by atoms with Crippen molar-refractivity contribution in [1.29, 1.82) is 0 Å². The first kappa shape index (κ1) is 9.77. The molecule has 0 bridgehead atoms. The molecule has 2 nitrogen and oxygen atoms in total. The summed E-state index contributed by atoms with van der Waals surface area (Å²) in [5.41, 5.74) is 0.831. The quantitative estimate of drug-likeness (QED) is 0.762. The molecule has 1 fully saturated rings. The SMILES string of the molecule is CC1CC(Nc2ccnc(F)c2)CS1. The fourth-order valence-electron chi connectivity index (χ4n) is 1.65. The lowest BCUT2D eigenvalue weighted by atomic mass is 10.2. The van der Waals surface area contributed by atoms with Crippen molar-refractivity contribution in [3.63, 3.8) is 0 Å². The van der Waals surface area contributed by atoms with Crippen LogP contribution in [0.2, 0.25) is 0 Å². The summed E-state index contributed by atoms with van der Waals surface area (Å²) in [6, 6.07) is 3.71. The number of thioether (sulfide) groups is 1. The first-order chi connectivity index (χ1) is 6.74. The summed E-state index contributed by atoms with van der Waals surface area (Å²) in [5.74, 6) is 0.680. The highest BCUT2D eigenvalue weighted by atomic mass is 32.2. The van der Waals surface area contributed by atoms with Crippen molar-refractivity contribution < 1.29 is 4.39 Å². The average Bonchev–Trinajstić information content (AvgIpc) is 2.51.